The summed E-state index contributed by atoms with van der Waals surface area (Å²) in [5.74, 6) is 0. The first-order valence-corrected chi connectivity index (χ1v) is 8.73. The fraction of sp³-hybridized carbons (Fsp3) is 0.647. The molecule has 0 amide bonds. The van der Waals surface area contributed by atoms with Crippen LogP contribution in [0.1, 0.15) is 44.2 Å². The topological polar surface area (TPSA) is 29.1 Å². The molecule has 1 aliphatic rings. The maximum Gasteiger partial charge on any atom is 0.0579 e. The third-order valence-electron chi connectivity index (χ3n) is 4.67. The van der Waals surface area contributed by atoms with Crippen molar-refractivity contribution in [2.45, 2.75) is 63.1 Å². The molecular formula is C17H27NOS. The summed E-state index contributed by atoms with van der Waals surface area (Å²) in [7, 11) is 1.07. The van der Waals surface area contributed by atoms with Crippen molar-refractivity contribution in [2.24, 2.45) is 5.41 Å². The van der Waals surface area contributed by atoms with E-state index >= 15 is 0 Å². The minimum absolute atomic E-state index is 0.212. The zero-order valence-electron chi connectivity index (χ0n) is 13.3. The summed E-state index contributed by atoms with van der Waals surface area (Å²) in [6, 6.07) is 6.60. The third kappa shape index (κ3) is 2.99. The van der Waals surface area contributed by atoms with E-state index in [2.05, 4.69) is 51.2 Å². The number of benzene rings is 1. The van der Waals surface area contributed by atoms with E-state index in [0.717, 1.165) is 16.9 Å². The van der Waals surface area contributed by atoms with Gasteiger partial charge in [0.05, 0.1) is 16.0 Å². The van der Waals surface area contributed by atoms with Crippen molar-refractivity contribution in [1.82, 2.24) is 5.32 Å². The lowest BCUT2D eigenvalue weighted by atomic mass is 9.73. The van der Waals surface area contributed by atoms with Gasteiger partial charge in [-0.2, -0.15) is 0 Å². The Balaban J connectivity index is 2.34. The molecule has 0 aromatic heterocycles. The van der Waals surface area contributed by atoms with Crippen LogP contribution in [0.15, 0.2) is 23.1 Å². The van der Waals surface area contributed by atoms with Crippen LogP contribution in [0, 0.1) is 19.3 Å². The Kier molecular flexibility index (Phi) is 4.70. The van der Waals surface area contributed by atoms with Crippen LogP contribution in [0.5, 0.6) is 0 Å². The molecule has 20 heavy (non-hydrogen) atoms. The lowest BCUT2D eigenvalue weighted by Gasteiger charge is -2.43. The molecule has 0 spiro atoms. The van der Waals surface area contributed by atoms with Crippen LogP contribution in [0.2, 0.25) is 0 Å². The third-order valence-corrected chi connectivity index (χ3v) is 6.60. The van der Waals surface area contributed by atoms with Gasteiger partial charge in [-0.05, 0) is 56.3 Å². The maximum atomic E-state index is 13.1. The van der Waals surface area contributed by atoms with E-state index in [1.807, 2.05) is 7.05 Å². The highest BCUT2D eigenvalue weighted by Gasteiger charge is 2.41. The molecule has 1 N–H and O–H groups in total. The van der Waals surface area contributed by atoms with Crippen LogP contribution in [0.4, 0.5) is 0 Å². The van der Waals surface area contributed by atoms with Gasteiger partial charge >= 0.3 is 0 Å². The van der Waals surface area contributed by atoms with Crippen LogP contribution in [0.25, 0.3) is 0 Å². The molecule has 1 aliphatic carbocycles. The first-order valence-electron chi connectivity index (χ1n) is 7.52. The van der Waals surface area contributed by atoms with E-state index < -0.39 is 10.8 Å². The molecule has 3 heteroatoms. The maximum absolute atomic E-state index is 13.1. The minimum Gasteiger partial charge on any atom is -0.315 e. The average molecular weight is 293 g/mol. The Labute approximate surface area is 125 Å². The number of aryl methyl sites for hydroxylation is 2. The molecule has 112 valence electrons. The first kappa shape index (κ1) is 15.7. The average Bonchev–Trinajstić information content (AvgIpc) is 2.39. The van der Waals surface area contributed by atoms with Gasteiger partial charge in [0.1, 0.15) is 0 Å². The zero-order chi connectivity index (χ0) is 14.9. The summed E-state index contributed by atoms with van der Waals surface area (Å²) in [5.41, 5.74) is 2.55. The van der Waals surface area contributed by atoms with Gasteiger partial charge in [0.25, 0.3) is 0 Å². The van der Waals surface area contributed by atoms with Crippen molar-refractivity contribution >= 4 is 10.8 Å². The molecule has 3 atom stereocenters. The van der Waals surface area contributed by atoms with Crippen LogP contribution in [-0.4, -0.2) is 22.5 Å². The lowest BCUT2D eigenvalue weighted by Crippen LogP contribution is -2.52. The summed E-state index contributed by atoms with van der Waals surface area (Å²) in [6.07, 6.45) is 3.43. The number of hydrogen-bond donors (Lipinski definition) is 1. The molecule has 1 fully saturated rings. The second kappa shape index (κ2) is 5.98. The van der Waals surface area contributed by atoms with E-state index in [4.69, 9.17) is 0 Å². The second-order valence-electron chi connectivity index (χ2n) is 6.75. The Morgan fingerprint density at radius 3 is 2.65 bits per heavy atom. The molecule has 1 aromatic carbocycles. The molecule has 1 saturated carbocycles. The van der Waals surface area contributed by atoms with Gasteiger partial charge in [-0.15, -0.1) is 0 Å². The van der Waals surface area contributed by atoms with Crippen LogP contribution >= 0.6 is 0 Å². The van der Waals surface area contributed by atoms with Crippen molar-refractivity contribution in [2.75, 3.05) is 7.05 Å². The Morgan fingerprint density at radius 2 is 2.00 bits per heavy atom. The highest BCUT2D eigenvalue weighted by molar-refractivity contribution is 7.85. The van der Waals surface area contributed by atoms with Crippen molar-refractivity contribution in [3.63, 3.8) is 0 Å². The van der Waals surface area contributed by atoms with Gasteiger partial charge in [0.15, 0.2) is 0 Å². The van der Waals surface area contributed by atoms with Gasteiger partial charge in [-0.25, -0.2) is 0 Å². The van der Waals surface area contributed by atoms with Crippen molar-refractivity contribution in [3.8, 4) is 0 Å². The molecule has 2 rings (SSSR count). The second-order valence-corrected chi connectivity index (χ2v) is 8.39. The van der Waals surface area contributed by atoms with Gasteiger partial charge in [-0.3, -0.25) is 4.21 Å². The van der Waals surface area contributed by atoms with Crippen LogP contribution < -0.4 is 5.32 Å². The Hall–Kier alpha value is -0.670. The standard InChI is InChI=1S/C17H27NOS/c1-12-8-9-13(2)15(11-12)20(19)14-7-6-10-17(3,4)16(14)18-5/h8-9,11,14,16,18H,6-7,10H2,1-5H3. The molecule has 0 saturated heterocycles. The molecule has 1 aromatic rings. The minimum atomic E-state index is -0.931. The van der Waals surface area contributed by atoms with E-state index in [-0.39, 0.29) is 10.7 Å². The van der Waals surface area contributed by atoms with E-state index in [1.165, 1.54) is 18.4 Å². The Bertz CT molecular complexity index is 510. The molecule has 0 heterocycles. The van der Waals surface area contributed by atoms with Crippen molar-refractivity contribution < 1.29 is 4.21 Å². The Morgan fingerprint density at radius 1 is 1.30 bits per heavy atom. The van der Waals surface area contributed by atoms with Crippen molar-refractivity contribution in [3.05, 3.63) is 29.3 Å². The zero-order valence-corrected chi connectivity index (χ0v) is 14.1. The van der Waals surface area contributed by atoms with Gasteiger partial charge < -0.3 is 5.32 Å². The van der Waals surface area contributed by atoms with E-state index in [0.29, 0.717) is 6.04 Å². The molecular weight excluding hydrogens is 266 g/mol. The predicted octanol–water partition coefficient (Wildman–Crippen LogP) is 3.58. The van der Waals surface area contributed by atoms with Gasteiger partial charge in [0, 0.05) is 10.9 Å². The van der Waals surface area contributed by atoms with E-state index in [9.17, 15) is 4.21 Å². The normalized spacial score (nSPS) is 27.2. The van der Waals surface area contributed by atoms with Crippen LogP contribution in [0.3, 0.4) is 0 Å². The number of rotatable bonds is 3. The largest absolute Gasteiger partial charge is 0.315 e. The summed E-state index contributed by atoms with van der Waals surface area (Å²) < 4.78 is 13.1. The number of hydrogen-bond acceptors (Lipinski definition) is 2. The summed E-state index contributed by atoms with van der Waals surface area (Å²) in [6.45, 7) is 8.72. The molecule has 0 bridgehead atoms. The van der Waals surface area contributed by atoms with Crippen molar-refractivity contribution in [1.29, 1.82) is 0 Å². The predicted molar refractivity (Wildman–Crippen MR) is 86.6 cm³/mol. The van der Waals surface area contributed by atoms with Gasteiger partial charge in [-0.1, -0.05) is 32.4 Å². The summed E-state index contributed by atoms with van der Waals surface area (Å²) in [4.78, 5) is 1.02. The highest BCUT2D eigenvalue weighted by Crippen LogP contribution is 2.39. The lowest BCUT2D eigenvalue weighted by molar-refractivity contribution is 0.180. The summed E-state index contributed by atoms with van der Waals surface area (Å²) in [5, 5.41) is 3.65. The fourth-order valence-electron chi connectivity index (χ4n) is 3.48. The number of nitrogens with one attached hydrogen (secondary N) is 1. The molecule has 2 nitrogen and oxygen atoms in total. The smallest absolute Gasteiger partial charge is 0.0579 e. The van der Waals surface area contributed by atoms with E-state index in [1.54, 1.807) is 0 Å². The quantitative estimate of drug-likeness (QED) is 0.923. The fourth-order valence-corrected chi connectivity index (χ4v) is 5.62. The molecule has 0 aliphatic heterocycles. The van der Waals surface area contributed by atoms with Crippen LogP contribution in [-0.2, 0) is 10.8 Å². The first-order chi connectivity index (χ1) is 9.36. The van der Waals surface area contributed by atoms with Gasteiger partial charge in [0.2, 0.25) is 0 Å². The molecule has 3 unspecified atom stereocenters. The highest BCUT2D eigenvalue weighted by atomic mass is 32.2. The molecule has 0 radical (unpaired) electrons. The SMILES string of the molecule is CNC1C(S(=O)c2cc(C)ccc2C)CCCC1(C)C. The summed E-state index contributed by atoms with van der Waals surface area (Å²) >= 11 is 0. The monoisotopic (exact) mass is 293 g/mol.